The lowest BCUT2D eigenvalue weighted by Gasteiger charge is -2.15. The molecule has 35 heavy (non-hydrogen) atoms. The molecule has 1 aliphatic heterocycles. The first kappa shape index (κ1) is 22.9. The smallest absolute Gasteiger partial charge is 0.319 e. The molecule has 0 atom stereocenters. The summed E-state index contributed by atoms with van der Waals surface area (Å²) < 4.78 is 1.65. The predicted molar refractivity (Wildman–Crippen MR) is 138 cm³/mol. The third-order valence-corrected chi connectivity index (χ3v) is 6.23. The average Bonchev–Trinajstić information content (AvgIpc) is 3.51. The number of nitrogens with zero attached hydrogens (tertiary/aromatic N) is 4. The first-order chi connectivity index (χ1) is 17.0. The zero-order chi connectivity index (χ0) is 24.2. The molecule has 0 aliphatic carbocycles. The van der Waals surface area contributed by atoms with Crippen molar-refractivity contribution in [3.8, 4) is 16.9 Å². The van der Waals surface area contributed by atoms with Crippen molar-refractivity contribution >= 4 is 40.6 Å². The standard InChI is InChI=1S/C25H26ClN7O2/c26-22-9-8-20(34)15-21(22)17-3-10-23-30-24(31-33(23)16-17)28-18-4-6-19(7-5-18)29-25(35)27-11-14-32-12-1-2-13-32/h3-10,15-16,34H,1-2,11-14H2,(H,28,31)(H2,27,29,35). The van der Waals surface area contributed by atoms with Crippen molar-refractivity contribution in [3.63, 3.8) is 0 Å². The van der Waals surface area contributed by atoms with E-state index in [2.05, 4.69) is 30.9 Å². The molecule has 1 saturated heterocycles. The fraction of sp³-hybridized carbons (Fsp3) is 0.240. The number of urea groups is 1. The van der Waals surface area contributed by atoms with Gasteiger partial charge in [0.15, 0.2) is 5.65 Å². The fourth-order valence-corrected chi connectivity index (χ4v) is 4.33. The number of phenols is 1. The summed E-state index contributed by atoms with van der Waals surface area (Å²) in [6, 6.07) is 15.7. The van der Waals surface area contributed by atoms with Crippen LogP contribution in [0.1, 0.15) is 12.8 Å². The van der Waals surface area contributed by atoms with Crippen LogP contribution in [0.25, 0.3) is 16.8 Å². The van der Waals surface area contributed by atoms with Crippen LogP contribution in [0.5, 0.6) is 5.75 Å². The van der Waals surface area contributed by atoms with E-state index in [4.69, 9.17) is 11.6 Å². The SMILES string of the molecule is O=C(NCCN1CCCC1)Nc1ccc(Nc2nc3ccc(-c4cc(O)ccc4Cl)cn3n2)cc1. The van der Waals surface area contributed by atoms with Crippen LogP contribution < -0.4 is 16.0 Å². The predicted octanol–water partition coefficient (Wildman–Crippen LogP) is 4.72. The lowest BCUT2D eigenvalue weighted by atomic mass is 10.1. The third kappa shape index (κ3) is 5.64. The Morgan fingerprint density at radius 2 is 1.80 bits per heavy atom. The number of pyridine rings is 1. The van der Waals surface area contributed by atoms with Crippen LogP contribution in [-0.4, -0.2) is 56.8 Å². The minimum absolute atomic E-state index is 0.142. The molecule has 10 heteroatoms. The third-order valence-electron chi connectivity index (χ3n) is 5.90. The van der Waals surface area contributed by atoms with E-state index in [1.807, 2.05) is 42.6 Å². The van der Waals surface area contributed by atoms with Gasteiger partial charge < -0.3 is 26.0 Å². The Morgan fingerprint density at radius 3 is 2.60 bits per heavy atom. The van der Waals surface area contributed by atoms with E-state index >= 15 is 0 Å². The molecule has 0 unspecified atom stereocenters. The number of anilines is 3. The molecule has 0 saturated carbocycles. The zero-order valence-corrected chi connectivity index (χ0v) is 19.8. The molecule has 9 nitrogen and oxygen atoms in total. The second-order valence-electron chi connectivity index (χ2n) is 8.45. The summed E-state index contributed by atoms with van der Waals surface area (Å²) >= 11 is 6.29. The second kappa shape index (κ2) is 10.2. The number of aromatic hydroxyl groups is 1. The number of fused-ring (bicyclic) bond motifs is 1. The van der Waals surface area contributed by atoms with Gasteiger partial charge in [-0.2, -0.15) is 4.98 Å². The maximum atomic E-state index is 12.1. The Balaban J connectivity index is 1.19. The van der Waals surface area contributed by atoms with E-state index in [1.165, 1.54) is 12.8 Å². The Labute approximate surface area is 207 Å². The number of hydrogen-bond donors (Lipinski definition) is 4. The quantitative estimate of drug-likeness (QED) is 0.298. The lowest BCUT2D eigenvalue weighted by Crippen LogP contribution is -2.35. The molecule has 1 aliphatic rings. The van der Waals surface area contributed by atoms with Gasteiger partial charge in [-0.05, 0) is 80.5 Å². The highest BCUT2D eigenvalue weighted by atomic mass is 35.5. The normalized spacial score (nSPS) is 13.7. The van der Waals surface area contributed by atoms with Crippen molar-refractivity contribution in [2.75, 3.05) is 36.8 Å². The van der Waals surface area contributed by atoms with Crippen LogP contribution in [0.4, 0.5) is 22.1 Å². The molecule has 4 N–H and O–H groups in total. The summed E-state index contributed by atoms with van der Waals surface area (Å²) in [6.07, 6.45) is 4.29. The first-order valence-corrected chi connectivity index (χ1v) is 11.9. The van der Waals surface area contributed by atoms with E-state index in [0.29, 0.717) is 34.4 Å². The first-order valence-electron chi connectivity index (χ1n) is 11.5. The summed E-state index contributed by atoms with van der Waals surface area (Å²) in [5.74, 6) is 0.576. The molecule has 3 heterocycles. The molecule has 0 spiro atoms. The summed E-state index contributed by atoms with van der Waals surface area (Å²) in [5.41, 5.74) is 3.67. The number of carbonyl (C=O) groups excluding carboxylic acids is 1. The highest BCUT2D eigenvalue weighted by molar-refractivity contribution is 6.33. The van der Waals surface area contributed by atoms with Gasteiger partial charge in [0, 0.05) is 46.8 Å². The van der Waals surface area contributed by atoms with E-state index in [-0.39, 0.29) is 11.8 Å². The van der Waals surface area contributed by atoms with Gasteiger partial charge in [-0.25, -0.2) is 9.31 Å². The molecule has 2 aromatic heterocycles. The summed E-state index contributed by atoms with van der Waals surface area (Å²) in [5, 5.41) is 23.7. The molecule has 0 bridgehead atoms. The molecule has 2 aromatic carbocycles. The van der Waals surface area contributed by atoms with E-state index in [0.717, 1.165) is 30.9 Å². The number of amides is 2. The second-order valence-corrected chi connectivity index (χ2v) is 8.86. The monoisotopic (exact) mass is 491 g/mol. The summed E-state index contributed by atoms with van der Waals surface area (Å²) in [7, 11) is 0. The largest absolute Gasteiger partial charge is 0.508 e. The van der Waals surface area contributed by atoms with Crippen molar-refractivity contribution in [3.05, 3.63) is 65.8 Å². The topological polar surface area (TPSA) is 107 Å². The molecule has 0 radical (unpaired) electrons. The van der Waals surface area contributed by atoms with Crippen LogP contribution in [0.2, 0.25) is 5.02 Å². The van der Waals surface area contributed by atoms with Crippen LogP contribution in [0.3, 0.4) is 0 Å². The van der Waals surface area contributed by atoms with Gasteiger partial charge in [0.25, 0.3) is 0 Å². The number of halogens is 1. The van der Waals surface area contributed by atoms with Gasteiger partial charge in [-0.15, -0.1) is 5.10 Å². The van der Waals surface area contributed by atoms with Crippen molar-refractivity contribution in [2.45, 2.75) is 12.8 Å². The Kier molecular flexibility index (Phi) is 6.69. The van der Waals surface area contributed by atoms with Crippen molar-refractivity contribution in [2.24, 2.45) is 0 Å². The number of phenolic OH excluding ortho intramolecular Hbond substituents is 1. The number of nitrogens with one attached hydrogen (secondary N) is 3. The van der Waals surface area contributed by atoms with Crippen molar-refractivity contribution < 1.29 is 9.90 Å². The molecule has 1 fully saturated rings. The van der Waals surface area contributed by atoms with Crippen molar-refractivity contribution in [1.29, 1.82) is 0 Å². The van der Waals surface area contributed by atoms with Gasteiger partial charge in [-0.1, -0.05) is 11.6 Å². The Morgan fingerprint density at radius 1 is 1.03 bits per heavy atom. The highest BCUT2D eigenvalue weighted by Crippen LogP contribution is 2.31. The van der Waals surface area contributed by atoms with E-state index in [9.17, 15) is 9.90 Å². The maximum absolute atomic E-state index is 12.1. The minimum atomic E-state index is -0.213. The minimum Gasteiger partial charge on any atom is -0.508 e. The van der Waals surface area contributed by atoms with Gasteiger partial charge in [0.1, 0.15) is 5.75 Å². The molecule has 4 aromatic rings. The van der Waals surface area contributed by atoms with Gasteiger partial charge >= 0.3 is 6.03 Å². The number of hydrogen-bond acceptors (Lipinski definition) is 6. The zero-order valence-electron chi connectivity index (χ0n) is 19.0. The molecular formula is C25H26ClN7O2. The summed E-state index contributed by atoms with van der Waals surface area (Å²) in [4.78, 5) is 19.0. The van der Waals surface area contributed by atoms with Crippen LogP contribution in [-0.2, 0) is 0 Å². The van der Waals surface area contributed by atoms with Crippen LogP contribution in [0.15, 0.2) is 60.8 Å². The highest BCUT2D eigenvalue weighted by Gasteiger charge is 2.12. The van der Waals surface area contributed by atoms with Gasteiger partial charge in [0.2, 0.25) is 5.95 Å². The van der Waals surface area contributed by atoms with Crippen LogP contribution >= 0.6 is 11.6 Å². The molecule has 5 rings (SSSR count). The van der Waals surface area contributed by atoms with E-state index in [1.54, 1.807) is 22.7 Å². The number of likely N-dealkylation sites (tertiary alicyclic amines) is 1. The van der Waals surface area contributed by atoms with E-state index < -0.39 is 0 Å². The molecule has 180 valence electrons. The average molecular weight is 492 g/mol. The summed E-state index contributed by atoms with van der Waals surface area (Å²) in [6.45, 7) is 3.74. The number of benzene rings is 2. The van der Waals surface area contributed by atoms with Gasteiger partial charge in [0.05, 0.1) is 0 Å². The number of carbonyl (C=O) groups is 1. The Bertz CT molecular complexity index is 1330. The van der Waals surface area contributed by atoms with Crippen LogP contribution in [0, 0.1) is 0 Å². The number of aromatic nitrogens is 3. The molecule has 2 amide bonds. The molecular weight excluding hydrogens is 466 g/mol. The maximum Gasteiger partial charge on any atom is 0.319 e. The Hall–Kier alpha value is -3.82. The van der Waals surface area contributed by atoms with Gasteiger partial charge in [-0.3, -0.25) is 0 Å². The fourth-order valence-electron chi connectivity index (χ4n) is 4.10. The van der Waals surface area contributed by atoms with Crippen molar-refractivity contribution in [1.82, 2.24) is 24.8 Å². The lowest BCUT2D eigenvalue weighted by molar-refractivity contribution is 0.249. The number of rotatable bonds is 7.